The molecule has 3 rings (SSSR count). The molecule has 0 saturated carbocycles. The average molecular weight is 335 g/mol. The number of hydrogen-bond donors (Lipinski definition) is 1. The van der Waals surface area contributed by atoms with Gasteiger partial charge in [0.2, 0.25) is 0 Å². The summed E-state index contributed by atoms with van der Waals surface area (Å²) in [5.41, 5.74) is 3.76. The molecule has 1 aliphatic rings. The molecule has 1 fully saturated rings. The fourth-order valence-corrected chi connectivity index (χ4v) is 3.69. The van der Waals surface area contributed by atoms with Crippen LogP contribution in [0, 0.1) is 25.5 Å². The van der Waals surface area contributed by atoms with Crippen LogP contribution in [0.4, 0.5) is 8.78 Å². The Morgan fingerprint density at radius 3 is 2.67 bits per heavy atom. The maximum atomic E-state index is 13.4. The number of aromatic nitrogens is 2. The van der Waals surface area contributed by atoms with Crippen molar-refractivity contribution >= 4 is 0 Å². The van der Waals surface area contributed by atoms with Gasteiger partial charge < -0.3 is 5.11 Å². The smallest absolute Gasteiger partial charge is 0.159 e. The Hall–Kier alpha value is -1.79. The van der Waals surface area contributed by atoms with Crippen LogP contribution in [-0.4, -0.2) is 32.9 Å². The highest BCUT2D eigenvalue weighted by atomic mass is 19.2. The van der Waals surface area contributed by atoms with Crippen molar-refractivity contribution in [2.75, 3.05) is 13.1 Å². The topological polar surface area (TPSA) is 41.3 Å². The fourth-order valence-electron chi connectivity index (χ4n) is 3.69. The number of halogens is 2. The van der Waals surface area contributed by atoms with Crippen LogP contribution in [-0.2, 0) is 7.05 Å². The number of hydrogen-bond acceptors (Lipinski definition) is 3. The van der Waals surface area contributed by atoms with Crippen molar-refractivity contribution in [2.45, 2.75) is 38.8 Å². The summed E-state index contributed by atoms with van der Waals surface area (Å²) in [5, 5.41) is 14.9. The van der Waals surface area contributed by atoms with E-state index in [1.807, 2.05) is 18.7 Å². The highest BCUT2D eigenvalue weighted by molar-refractivity contribution is 5.29. The summed E-state index contributed by atoms with van der Waals surface area (Å²) in [6, 6.07) is 3.78. The second-order valence-corrected chi connectivity index (χ2v) is 6.55. The number of benzene rings is 1. The first-order valence-electron chi connectivity index (χ1n) is 8.25. The van der Waals surface area contributed by atoms with Crippen molar-refractivity contribution in [3.63, 3.8) is 0 Å². The van der Waals surface area contributed by atoms with Gasteiger partial charge >= 0.3 is 0 Å². The minimum Gasteiger partial charge on any atom is -0.387 e. The maximum absolute atomic E-state index is 13.4. The van der Waals surface area contributed by atoms with Crippen molar-refractivity contribution in [1.82, 2.24) is 14.7 Å². The van der Waals surface area contributed by atoms with E-state index in [-0.39, 0.29) is 6.04 Å². The number of rotatable bonds is 4. The molecule has 1 aromatic heterocycles. The Morgan fingerprint density at radius 1 is 1.29 bits per heavy atom. The Labute approximate surface area is 140 Å². The van der Waals surface area contributed by atoms with Gasteiger partial charge in [0, 0.05) is 30.9 Å². The lowest BCUT2D eigenvalue weighted by atomic mass is 10.0. The Kier molecular flexibility index (Phi) is 4.69. The lowest BCUT2D eigenvalue weighted by Gasteiger charge is -2.27. The molecule has 0 bridgehead atoms. The van der Waals surface area contributed by atoms with Crippen LogP contribution in [0.15, 0.2) is 18.2 Å². The lowest BCUT2D eigenvalue weighted by molar-refractivity contribution is 0.105. The van der Waals surface area contributed by atoms with Gasteiger partial charge in [-0.15, -0.1) is 0 Å². The minimum atomic E-state index is -0.927. The van der Waals surface area contributed by atoms with E-state index in [1.54, 1.807) is 0 Å². The number of likely N-dealkylation sites (tertiary alicyclic amines) is 1. The van der Waals surface area contributed by atoms with Gasteiger partial charge in [0.1, 0.15) is 0 Å². The fraction of sp³-hybridized carbons (Fsp3) is 0.500. The number of aryl methyl sites for hydroxylation is 2. The Balaban J connectivity index is 1.79. The summed E-state index contributed by atoms with van der Waals surface area (Å²) in [6.45, 7) is 5.32. The monoisotopic (exact) mass is 335 g/mol. The predicted molar refractivity (Wildman–Crippen MR) is 87.5 cm³/mol. The summed E-state index contributed by atoms with van der Waals surface area (Å²) < 4.78 is 28.3. The molecule has 24 heavy (non-hydrogen) atoms. The second kappa shape index (κ2) is 6.61. The molecule has 2 aromatic rings. The van der Waals surface area contributed by atoms with Crippen molar-refractivity contribution in [3.8, 4) is 0 Å². The zero-order valence-electron chi connectivity index (χ0n) is 14.3. The van der Waals surface area contributed by atoms with E-state index in [4.69, 9.17) is 0 Å². The molecule has 2 heterocycles. The largest absolute Gasteiger partial charge is 0.387 e. The predicted octanol–water partition coefficient (Wildman–Crippen LogP) is 3.19. The van der Waals surface area contributed by atoms with Gasteiger partial charge in [-0.1, -0.05) is 6.07 Å². The molecule has 4 nitrogen and oxygen atoms in total. The molecule has 0 aliphatic carbocycles. The van der Waals surface area contributed by atoms with Gasteiger partial charge in [-0.3, -0.25) is 9.58 Å². The molecule has 1 aromatic carbocycles. The quantitative estimate of drug-likeness (QED) is 0.933. The van der Waals surface area contributed by atoms with E-state index >= 15 is 0 Å². The van der Waals surface area contributed by atoms with Gasteiger partial charge in [-0.05, 0) is 50.9 Å². The highest BCUT2D eigenvalue weighted by Crippen LogP contribution is 2.36. The van der Waals surface area contributed by atoms with Gasteiger partial charge in [0.15, 0.2) is 11.6 Å². The van der Waals surface area contributed by atoms with Crippen molar-refractivity contribution in [3.05, 3.63) is 52.3 Å². The van der Waals surface area contributed by atoms with E-state index in [9.17, 15) is 13.9 Å². The van der Waals surface area contributed by atoms with E-state index in [2.05, 4.69) is 16.9 Å². The number of β-amino-alcohol motifs (C(OH)–C–C–N with tert-alkyl or cyclic N) is 1. The summed E-state index contributed by atoms with van der Waals surface area (Å²) in [5.74, 6) is -1.82. The standard InChI is InChI=1S/C18H23F2N3O/c1-11-18(12(2)22(3)21-11)16-5-4-8-23(16)10-17(24)13-6-7-14(19)15(20)9-13/h6-7,9,16-17,24H,4-5,8,10H2,1-3H3/t16-,17-/m0/s1. The van der Waals surface area contributed by atoms with Gasteiger partial charge in [-0.2, -0.15) is 5.10 Å². The van der Waals surface area contributed by atoms with Crippen LogP contribution >= 0.6 is 0 Å². The molecule has 1 N–H and O–H groups in total. The first-order chi connectivity index (χ1) is 11.4. The summed E-state index contributed by atoms with van der Waals surface area (Å²) >= 11 is 0. The van der Waals surface area contributed by atoms with E-state index in [0.717, 1.165) is 42.9 Å². The SMILES string of the molecule is Cc1nn(C)c(C)c1[C@@H]1CCCN1C[C@H](O)c1ccc(F)c(F)c1. The summed E-state index contributed by atoms with van der Waals surface area (Å²) in [7, 11) is 1.93. The molecule has 130 valence electrons. The zero-order chi connectivity index (χ0) is 17.4. The van der Waals surface area contributed by atoms with Crippen LogP contribution in [0.3, 0.4) is 0 Å². The first-order valence-corrected chi connectivity index (χ1v) is 8.25. The third kappa shape index (κ3) is 3.08. The van der Waals surface area contributed by atoms with Crippen LogP contribution in [0.1, 0.15) is 47.5 Å². The van der Waals surface area contributed by atoms with Crippen molar-refractivity contribution in [2.24, 2.45) is 7.05 Å². The third-order valence-electron chi connectivity index (χ3n) is 5.00. The second-order valence-electron chi connectivity index (χ2n) is 6.55. The Morgan fingerprint density at radius 2 is 2.04 bits per heavy atom. The minimum absolute atomic E-state index is 0.207. The lowest BCUT2D eigenvalue weighted by Crippen LogP contribution is -2.29. The summed E-state index contributed by atoms with van der Waals surface area (Å²) in [6.07, 6.45) is 1.21. The number of nitrogens with zero attached hydrogens (tertiary/aromatic N) is 3. The van der Waals surface area contributed by atoms with Crippen molar-refractivity contribution in [1.29, 1.82) is 0 Å². The van der Waals surface area contributed by atoms with Crippen LogP contribution in [0.2, 0.25) is 0 Å². The molecule has 2 atom stereocenters. The third-order valence-corrected chi connectivity index (χ3v) is 5.00. The van der Waals surface area contributed by atoms with Gasteiger partial charge in [0.05, 0.1) is 11.8 Å². The molecule has 0 unspecified atom stereocenters. The number of aliphatic hydroxyl groups is 1. The number of aliphatic hydroxyl groups excluding tert-OH is 1. The van der Waals surface area contributed by atoms with Crippen LogP contribution in [0.25, 0.3) is 0 Å². The van der Waals surface area contributed by atoms with Gasteiger partial charge in [0.25, 0.3) is 0 Å². The average Bonchev–Trinajstić information content (AvgIpc) is 3.07. The molecule has 6 heteroatoms. The molecular weight excluding hydrogens is 312 g/mol. The van der Waals surface area contributed by atoms with Crippen LogP contribution < -0.4 is 0 Å². The molecular formula is C18H23F2N3O. The molecule has 1 aliphatic heterocycles. The summed E-state index contributed by atoms with van der Waals surface area (Å²) in [4.78, 5) is 2.21. The Bertz CT molecular complexity index is 744. The maximum Gasteiger partial charge on any atom is 0.159 e. The molecule has 0 radical (unpaired) electrons. The van der Waals surface area contributed by atoms with Crippen molar-refractivity contribution < 1.29 is 13.9 Å². The zero-order valence-corrected chi connectivity index (χ0v) is 14.3. The highest BCUT2D eigenvalue weighted by Gasteiger charge is 2.31. The molecule has 0 spiro atoms. The molecule has 0 amide bonds. The van der Waals surface area contributed by atoms with Crippen LogP contribution in [0.5, 0.6) is 0 Å². The first kappa shape index (κ1) is 17.0. The van der Waals surface area contributed by atoms with E-state index in [1.165, 1.54) is 11.6 Å². The van der Waals surface area contributed by atoms with E-state index < -0.39 is 17.7 Å². The molecule has 1 saturated heterocycles. The normalized spacial score (nSPS) is 19.8. The van der Waals surface area contributed by atoms with E-state index in [0.29, 0.717) is 12.1 Å². The van der Waals surface area contributed by atoms with Gasteiger partial charge in [-0.25, -0.2) is 8.78 Å².